The first-order chi connectivity index (χ1) is 9.61. The fourth-order valence-electron chi connectivity index (χ4n) is 2.67. The van der Waals surface area contributed by atoms with E-state index in [0.29, 0.717) is 12.5 Å². The van der Waals surface area contributed by atoms with E-state index < -0.39 is 6.10 Å². The molecule has 0 aromatic heterocycles. The Balaban J connectivity index is 3.49. The number of hydrogen-bond acceptors (Lipinski definition) is 3. The van der Waals surface area contributed by atoms with Crippen molar-refractivity contribution in [3.8, 4) is 0 Å². The molecule has 0 rings (SSSR count). The average molecular weight is 287 g/mol. The van der Waals surface area contributed by atoms with Gasteiger partial charge in [-0.25, -0.2) is 0 Å². The highest BCUT2D eigenvalue weighted by molar-refractivity contribution is 4.70. The molecule has 2 atom stereocenters. The highest BCUT2D eigenvalue weighted by Crippen LogP contribution is 2.15. The molecule has 0 amide bonds. The Morgan fingerprint density at radius 2 is 1.35 bits per heavy atom. The fourth-order valence-corrected chi connectivity index (χ4v) is 2.67. The van der Waals surface area contributed by atoms with Crippen LogP contribution in [0.3, 0.4) is 0 Å². The molecule has 0 radical (unpaired) electrons. The predicted octanol–water partition coefficient (Wildman–Crippen LogP) is 3.58. The van der Waals surface area contributed by atoms with Crippen molar-refractivity contribution >= 4 is 0 Å². The molecule has 3 nitrogen and oxygen atoms in total. The highest BCUT2D eigenvalue weighted by atomic mass is 16.3. The lowest BCUT2D eigenvalue weighted by molar-refractivity contribution is 0.0634. The molecule has 0 aliphatic carbocycles. The van der Waals surface area contributed by atoms with Crippen molar-refractivity contribution in [1.29, 1.82) is 0 Å². The van der Waals surface area contributed by atoms with E-state index >= 15 is 0 Å². The van der Waals surface area contributed by atoms with Crippen LogP contribution in [0.25, 0.3) is 0 Å². The number of unbranched alkanes of at least 4 members (excludes halogenated alkanes) is 8. The van der Waals surface area contributed by atoms with E-state index in [2.05, 4.69) is 25.9 Å². The van der Waals surface area contributed by atoms with Crippen LogP contribution in [0.2, 0.25) is 0 Å². The van der Waals surface area contributed by atoms with Gasteiger partial charge in [0.1, 0.15) is 0 Å². The zero-order chi connectivity index (χ0) is 15.2. The van der Waals surface area contributed by atoms with Crippen molar-refractivity contribution < 1.29 is 10.2 Å². The van der Waals surface area contributed by atoms with E-state index in [1.807, 2.05) is 0 Å². The van der Waals surface area contributed by atoms with Gasteiger partial charge in [0.15, 0.2) is 0 Å². The molecule has 20 heavy (non-hydrogen) atoms. The second-order valence-corrected chi connectivity index (χ2v) is 6.31. The SMILES string of the molecule is CCCCCCCCCCCC(CC(O)CO)N(C)C. The molecule has 2 unspecified atom stereocenters. The fraction of sp³-hybridized carbons (Fsp3) is 1.00. The van der Waals surface area contributed by atoms with Crippen molar-refractivity contribution in [3.63, 3.8) is 0 Å². The molecule has 0 aromatic rings. The summed E-state index contributed by atoms with van der Waals surface area (Å²) in [6.45, 7) is 2.14. The molecule has 0 spiro atoms. The quantitative estimate of drug-likeness (QED) is 0.480. The minimum absolute atomic E-state index is 0.123. The van der Waals surface area contributed by atoms with Gasteiger partial charge in [0.25, 0.3) is 0 Å². The summed E-state index contributed by atoms with van der Waals surface area (Å²) in [5.74, 6) is 0. The second kappa shape index (κ2) is 13.8. The molecule has 0 aliphatic heterocycles. The summed E-state index contributed by atoms with van der Waals surface area (Å²) in [6.07, 6.45) is 13.4. The predicted molar refractivity (Wildman–Crippen MR) is 87.0 cm³/mol. The summed E-state index contributed by atoms with van der Waals surface area (Å²) in [4.78, 5) is 2.17. The Labute approximate surface area is 126 Å². The van der Waals surface area contributed by atoms with Crippen LogP contribution in [-0.4, -0.2) is 48.0 Å². The Morgan fingerprint density at radius 3 is 1.80 bits per heavy atom. The van der Waals surface area contributed by atoms with Crippen LogP contribution in [0, 0.1) is 0 Å². The lowest BCUT2D eigenvalue weighted by atomic mass is 10.00. The van der Waals surface area contributed by atoms with Gasteiger partial charge in [0.05, 0.1) is 12.7 Å². The summed E-state index contributed by atoms with van der Waals surface area (Å²) in [5, 5.41) is 18.5. The van der Waals surface area contributed by atoms with Crippen LogP contribution < -0.4 is 0 Å². The zero-order valence-electron chi connectivity index (χ0n) is 14.0. The summed E-state index contributed by atoms with van der Waals surface area (Å²) in [5.41, 5.74) is 0. The van der Waals surface area contributed by atoms with Gasteiger partial charge in [-0.2, -0.15) is 0 Å². The van der Waals surface area contributed by atoms with Gasteiger partial charge in [0.2, 0.25) is 0 Å². The van der Waals surface area contributed by atoms with E-state index in [-0.39, 0.29) is 6.61 Å². The van der Waals surface area contributed by atoms with Crippen LogP contribution in [-0.2, 0) is 0 Å². The lowest BCUT2D eigenvalue weighted by Gasteiger charge is -2.26. The molecular formula is C17H37NO2. The molecule has 0 fully saturated rings. The van der Waals surface area contributed by atoms with Gasteiger partial charge in [-0.15, -0.1) is 0 Å². The molecule has 0 saturated carbocycles. The van der Waals surface area contributed by atoms with E-state index in [1.165, 1.54) is 57.8 Å². The maximum atomic E-state index is 9.54. The Bertz CT molecular complexity index is 197. The van der Waals surface area contributed by atoms with Crippen molar-refractivity contribution in [1.82, 2.24) is 4.90 Å². The third kappa shape index (κ3) is 11.7. The zero-order valence-corrected chi connectivity index (χ0v) is 14.0. The summed E-state index contributed by atoms with van der Waals surface area (Å²) in [7, 11) is 4.12. The topological polar surface area (TPSA) is 43.7 Å². The van der Waals surface area contributed by atoms with Gasteiger partial charge >= 0.3 is 0 Å². The van der Waals surface area contributed by atoms with E-state index in [0.717, 1.165) is 6.42 Å². The third-order valence-corrected chi connectivity index (χ3v) is 4.13. The van der Waals surface area contributed by atoms with Gasteiger partial charge in [0, 0.05) is 6.04 Å². The lowest BCUT2D eigenvalue weighted by Crippen LogP contribution is -2.33. The Morgan fingerprint density at radius 1 is 0.850 bits per heavy atom. The molecule has 2 N–H and O–H groups in total. The minimum atomic E-state index is -0.569. The molecule has 0 aliphatic rings. The number of rotatable bonds is 14. The van der Waals surface area contributed by atoms with E-state index in [4.69, 9.17) is 5.11 Å². The average Bonchev–Trinajstić information content (AvgIpc) is 2.43. The third-order valence-electron chi connectivity index (χ3n) is 4.13. The van der Waals surface area contributed by atoms with Crippen LogP contribution in [0.5, 0.6) is 0 Å². The summed E-state index contributed by atoms with van der Waals surface area (Å²) in [6, 6.07) is 0.390. The van der Waals surface area contributed by atoms with Gasteiger partial charge in [-0.1, -0.05) is 64.7 Å². The Kier molecular flexibility index (Phi) is 13.8. The van der Waals surface area contributed by atoms with Gasteiger partial charge in [-0.05, 0) is 26.9 Å². The van der Waals surface area contributed by atoms with Gasteiger partial charge < -0.3 is 15.1 Å². The molecular weight excluding hydrogens is 250 g/mol. The van der Waals surface area contributed by atoms with Crippen molar-refractivity contribution in [2.45, 2.75) is 89.7 Å². The Hall–Kier alpha value is -0.120. The summed E-state index contributed by atoms with van der Waals surface area (Å²) < 4.78 is 0. The molecule has 0 saturated heterocycles. The second-order valence-electron chi connectivity index (χ2n) is 6.31. The van der Waals surface area contributed by atoms with E-state index in [1.54, 1.807) is 0 Å². The summed E-state index contributed by atoms with van der Waals surface area (Å²) >= 11 is 0. The normalized spacial score (nSPS) is 14.7. The smallest absolute Gasteiger partial charge is 0.0785 e. The number of aliphatic hydroxyl groups excluding tert-OH is 2. The van der Waals surface area contributed by atoms with Crippen LogP contribution in [0.1, 0.15) is 77.6 Å². The van der Waals surface area contributed by atoms with Crippen LogP contribution in [0.15, 0.2) is 0 Å². The van der Waals surface area contributed by atoms with Crippen molar-refractivity contribution in [3.05, 3.63) is 0 Å². The standard InChI is InChI=1S/C17H37NO2/c1-4-5-6-7-8-9-10-11-12-13-16(18(2)3)14-17(20)15-19/h16-17,19-20H,4-15H2,1-3H3. The number of aliphatic hydroxyl groups is 2. The highest BCUT2D eigenvalue weighted by Gasteiger charge is 2.15. The van der Waals surface area contributed by atoms with Gasteiger partial charge in [-0.3, -0.25) is 0 Å². The van der Waals surface area contributed by atoms with Crippen molar-refractivity contribution in [2.75, 3.05) is 20.7 Å². The molecule has 122 valence electrons. The largest absolute Gasteiger partial charge is 0.394 e. The van der Waals surface area contributed by atoms with Crippen molar-refractivity contribution in [2.24, 2.45) is 0 Å². The monoisotopic (exact) mass is 287 g/mol. The van der Waals surface area contributed by atoms with Crippen LogP contribution >= 0.6 is 0 Å². The first-order valence-electron chi connectivity index (χ1n) is 8.57. The van der Waals surface area contributed by atoms with E-state index in [9.17, 15) is 5.11 Å². The number of hydrogen-bond donors (Lipinski definition) is 2. The van der Waals surface area contributed by atoms with Crippen LogP contribution in [0.4, 0.5) is 0 Å². The number of nitrogens with zero attached hydrogens (tertiary/aromatic N) is 1. The molecule has 0 bridgehead atoms. The molecule has 3 heteroatoms. The first-order valence-corrected chi connectivity index (χ1v) is 8.57. The maximum absolute atomic E-state index is 9.54. The maximum Gasteiger partial charge on any atom is 0.0785 e. The minimum Gasteiger partial charge on any atom is -0.394 e. The molecule has 0 heterocycles. The first kappa shape index (κ1) is 19.9. The molecule has 0 aromatic carbocycles.